The molecule has 108 valence electrons. The van der Waals surface area contributed by atoms with Crippen molar-refractivity contribution in [2.75, 3.05) is 13.1 Å². The van der Waals surface area contributed by atoms with Gasteiger partial charge in [-0.3, -0.25) is 4.90 Å². The van der Waals surface area contributed by atoms with E-state index >= 15 is 0 Å². The van der Waals surface area contributed by atoms with E-state index < -0.39 is 5.54 Å². The van der Waals surface area contributed by atoms with Crippen LogP contribution in [0.3, 0.4) is 0 Å². The van der Waals surface area contributed by atoms with E-state index in [0.717, 1.165) is 31.5 Å². The van der Waals surface area contributed by atoms with Crippen molar-refractivity contribution in [2.45, 2.75) is 52.1 Å². The number of rotatable bonds is 7. The second kappa shape index (κ2) is 7.01. The summed E-state index contributed by atoms with van der Waals surface area (Å²) in [5, 5.41) is 0. The minimum Gasteiger partial charge on any atom is -0.320 e. The number of halogens is 1. The summed E-state index contributed by atoms with van der Waals surface area (Å²) in [6.45, 7) is 10.6. The molecule has 0 fully saturated rings. The fourth-order valence-corrected chi connectivity index (χ4v) is 2.50. The maximum Gasteiger partial charge on any atom is 0.123 e. The van der Waals surface area contributed by atoms with Crippen LogP contribution in [0.5, 0.6) is 0 Å². The first-order chi connectivity index (χ1) is 8.93. The van der Waals surface area contributed by atoms with Gasteiger partial charge in [0.2, 0.25) is 0 Å². The third-order valence-electron chi connectivity index (χ3n) is 3.90. The second-order valence-electron chi connectivity index (χ2n) is 5.50. The summed E-state index contributed by atoms with van der Waals surface area (Å²) in [5.74, 6) is -0.217. The molecular formula is C16H27FN2. The van der Waals surface area contributed by atoms with E-state index in [4.69, 9.17) is 5.73 Å². The highest BCUT2D eigenvalue weighted by Gasteiger charge is 2.32. The van der Waals surface area contributed by atoms with Crippen LogP contribution < -0.4 is 5.73 Å². The lowest BCUT2D eigenvalue weighted by Crippen LogP contribution is -2.53. The smallest absolute Gasteiger partial charge is 0.123 e. The van der Waals surface area contributed by atoms with Gasteiger partial charge in [0, 0.05) is 6.04 Å². The monoisotopic (exact) mass is 266 g/mol. The molecule has 19 heavy (non-hydrogen) atoms. The molecule has 0 bridgehead atoms. The van der Waals surface area contributed by atoms with Crippen molar-refractivity contribution < 1.29 is 4.39 Å². The maximum absolute atomic E-state index is 13.0. The zero-order valence-corrected chi connectivity index (χ0v) is 12.6. The molecule has 0 amide bonds. The fraction of sp³-hybridized carbons (Fsp3) is 0.625. The van der Waals surface area contributed by atoms with E-state index in [9.17, 15) is 4.39 Å². The average molecular weight is 266 g/mol. The molecule has 2 N–H and O–H groups in total. The Hall–Kier alpha value is -0.930. The van der Waals surface area contributed by atoms with Gasteiger partial charge in [-0.05, 0) is 57.5 Å². The minimum absolute atomic E-state index is 0.217. The number of hydrogen-bond acceptors (Lipinski definition) is 2. The zero-order valence-electron chi connectivity index (χ0n) is 12.6. The van der Waals surface area contributed by atoms with Crippen molar-refractivity contribution >= 4 is 0 Å². The van der Waals surface area contributed by atoms with Gasteiger partial charge in [-0.25, -0.2) is 4.39 Å². The van der Waals surface area contributed by atoms with Crippen LogP contribution in [0.15, 0.2) is 24.3 Å². The van der Waals surface area contributed by atoms with Crippen molar-refractivity contribution in [1.82, 2.24) is 4.90 Å². The van der Waals surface area contributed by atoms with E-state index in [0.29, 0.717) is 0 Å². The standard InChI is InChI=1S/C16H27FN2/c1-5-11-19(12-6-2)13(3)16(4,18)14-7-9-15(17)10-8-14/h7-10,13H,5-6,11-12,18H2,1-4H3. The van der Waals surface area contributed by atoms with E-state index in [1.54, 1.807) is 12.1 Å². The minimum atomic E-state index is -0.474. The van der Waals surface area contributed by atoms with Gasteiger partial charge in [0.15, 0.2) is 0 Å². The lowest BCUT2D eigenvalue weighted by molar-refractivity contribution is 0.140. The van der Waals surface area contributed by atoms with Gasteiger partial charge >= 0.3 is 0 Å². The van der Waals surface area contributed by atoms with E-state index in [1.807, 2.05) is 6.92 Å². The molecule has 2 nitrogen and oxygen atoms in total. The lowest BCUT2D eigenvalue weighted by atomic mass is 9.85. The van der Waals surface area contributed by atoms with E-state index in [2.05, 4.69) is 25.7 Å². The lowest BCUT2D eigenvalue weighted by Gasteiger charge is -2.40. The van der Waals surface area contributed by atoms with Crippen LogP contribution in [0.4, 0.5) is 4.39 Å². The Morgan fingerprint density at radius 2 is 1.63 bits per heavy atom. The molecule has 0 aliphatic rings. The largest absolute Gasteiger partial charge is 0.320 e. The first-order valence-corrected chi connectivity index (χ1v) is 7.22. The first kappa shape index (κ1) is 16.1. The predicted octanol–water partition coefficient (Wildman–Crippen LogP) is 3.51. The molecule has 0 spiro atoms. The number of benzene rings is 1. The molecule has 0 aliphatic carbocycles. The van der Waals surface area contributed by atoms with Gasteiger partial charge in [-0.15, -0.1) is 0 Å². The Morgan fingerprint density at radius 3 is 2.05 bits per heavy atom. The molecule has 1 aromatic rings. The highest BCUT2D eigenvalue weighted by atomic mass is 19.1. The number of hydrogen-bond donors (Lipinski definition) is 1. The average Bonchev–Trinajstić information content (AvgIpc) is 2.38. The molecule has 0 aromatic heterocycles. The summed E-state index contributed by atoms with van der Waals surface area (Å²) < 4.78 is 13.0. The Balaban J connectivity index is 2.92. The molecule has 0 heterocycles. The predicted molar refractivity (Wildman–Crippen MR) is 79.6 cm³/mol. The Kier molecular flexibility index (Phi) is 5.95. The van der Waals surface area contributed by atoms with Gasteiger partial charge < -0.3 is 5.73 Å². The topological polar surface area (TPSA) is 29.3 Å². The van der Waals surface area contributed by atoms with Gasteiger partial charge in [0.05, 0.1) is 5.54 Å². The Morgan fingerprint density at radius 1 is 1.16 bits per heavy atom. The van der Waals surface area contributed by atoms with Crippen LogP contribution in [-0.4, -0.2) is 24.0 Å². The second-order valence-corrected chi connectivity index (χ2v) is 5.50. The van der Waals surface area contributed by atoms with Crippen LogP contribution in [-0.2, 0) is 5.54 Å². The fourth-order valence-electron chi connectivity index (χ4n) is 2.50. The highest BCUT2D eigenvalue weighted by molar-refractivity contribution is 5.25. The normalized spacial score (nSPS) is 16.4. The van der Waals surface area contributed by atoms with Crippen molar-refractivity contribution in [3.05, 3.63) is 35.6 Å². The van der Waals surface area contributed by atoms with Crippen molar-refractivity contribution in [2.24, 2.45) is 5.73 Å². The van der Waals surface area contributed by atoms with Crippen molar-refractivity contribution in [3.8, 4) is 0 Å². The van der Waals surface area contributed by atoms with Crippen LogP contribution in [0.1, 0.15) is 46.1 Å². The third-order valence-corrected chi connectivity index (χ3v) is 3.90. The molecule has 0 radical (unpaired) electrons. The molecule has 0 saturated carbocycles. The SMILES string of the molecule is CCCN(CCC)C(C)C(C)(N)c1ccc(F)cc1. The first-order valence-electron chi connectivity index (χ1n) is 7.22. The number of nitrogens with zero attached hydrogens (tertiary/aromatic N) is 1. The summed E-state index contributed by atoms with van der Waals surface area (Å²) in [6, 6.07) is 6.77. The summed E-state index contributed by atoms with van der Waals surface area (Å²) in [5.41, 5.74) is 7.04. The quantitative estimate of drug-likeness (QED) is 0.818. The summed E-state index contributed by atoms with van der Waals surface area (Å²) in [6.07, 6.45) is 2.23. The molecule has 2 unspecified atom stereocenters. The van der Waals surface area contributed by atoms with Gasteiger partial charge in [-0.1, -0.05) is 26.0 Å². The maximum atomic E-state index is 13.0. The Labute approximate surface area is 116 Å². The van der Waals surface area contributed by atoms with Gasteiger partial charge in [-0.2, -0.15) is 0 Å². The van der Waals surface area contributed by atoms with Gasteiger partial charge in [0.1, 0.15) is 5.82 Å². The molecule has 1 rings (SSSR count). The third kappa shape index (κ3) is 4.02. The van der Waals surface area contributed by atoms with Crippen LogP contribution in [0.2, 0.25) is 0 Å². The summed E-state index contributed by atoms with van der Waals surface area (Å²) >= 11 is 0. The molecule has 3 heteroatoms. The van der Waals surface area contributed by atoms with Crippen molar-refractivity contribution in [3.63, 3.8) is 0 Å². The van der Waals surface area contributed by atoms with Crippen LogP contribution in [0.25, 0.3) is 0 Å². The highest BCUT2D eigenvalue weighted by Crippen LogP contribution is 2.26. The zero-order chi connectivity index (χ0) is 14.5. The van der Waals surface area contributed by atoms with Gasteiger partial charge in [0.25, 0.3) is 0 Å². The molecule has 1 aromatic carbocycles. The Bertz CT molecular complexity index is 367. The van der Waals surface area contributed by atoms with Crippen LogP contribution >= 0.6 is 0 Å². The summed E-state index contributed by atoms with van der Waals surface area (Å²) in [7, 11) is 0. The summed E-state index contributed by atoms with van der Waals surface area (Å²) in [4.78, 5) is 2.42. The molecule has 2 atom stereocenters. The molecular weight excluding hydrogens is 239 g/mol. The van der Waals surface area contributed by atoms with Crippen LogP contribution in [0, 0.1) is 5.82 Å². The van der Waals surface area contributed by atoms with E-state index in [-0.39, 0.29) is 11.9 Å². The molecule has 0 aliphatic heterocycles. The van der Waals surface area contributed by atoms with Crippen molar-refractivity contribution in [1.29, 1.82) is 0 Å². The van der Waals surface area contributed by atoms with E-state index in [1.165, 1.54) is 12.1 Å². The number of nitrogens with two attached hydrogens (primary N) is 1. The molecule has 0 saturated heterocycles.